The van der Waals surface area contributed by atoms with E-state index in [2.05, 4.69) is 0 Å². The van der Waals surface area contributed by atoms with Gasteiger partial charge in [0.2, 0.25) is 5.91 Å². The predicted molar refractivity (Wildman–Crippen MR) is 47.2 cm³/mol. The van der Waals surface area contributed by atoms with Gasteiger partial charge in [0.05, 0.1) is 0 Å². The number of aldehydes is 1. The lowest BCUT2D eigenvalue weighted by Crippen LogP contribution is -2.40. The highest BCUT2D eigenvalue weighted by atomic mass is 16.5. The summed E-state index contributed by atoms with van der Waals surface area (Å²) >= 11 is 0. The van der Waals surface area contributed by atoms with Crippen LogP contribution >= 0.6 is 0 Å². The average molecular weight is 185 g/mol. The number of carbonyl (C=O) groups excluding carboxylic acids is 2. The van der Waals surface area contributed by atoms with E-state index in [1.165, 1.54) is 7.11 Å². The zero-order chi connectivity index (χ0) is 9.68. The largest absolute Gasteiger partial charge is 0.375 e. The van der Waals surface area contributed by atoms with Crippen molar-refractivity contribution in [1.29, 1.82) is 0 Å². The Morgan fingerprint density at radius 1 is 1.54 bits per heavy atom. The molecule has 0 radical (unpaired) electrons. The lowest BCUT2D eigenvalue weighted by Gasteiger charge is -2.29. The Bertz CT molecular complexity index is 185. The molecule has 1 rings (SSSR count). The summed E-state index contributed by atoms with van der Waals surface area (Å²) in [5.74, 6) is 0.165. The second-order valence-electron chi connectivity index (χ2n) is 3.29. The van der Waals surface area contributed by atoms with Gasteiger partial charge in [-0.15, -0.1) is 0 Å². The number of carbonyl (C=O) groups is 2. The van der Waals surface area contributed by atoms with Crippen molar-refractivity contribution in [3.63, 3.8) is 0 Å². The summed E-state index contributed by atoms with van der Waals surface area (Å²) in [4.78, 5) is 23.5. The van der Waals surface area contributed by atoms with Gasteiger partial charge in [0.15, 0.2) is 0 Å². The van der Waals surface area contributed by atoms with Crippen LogP contribution in [0.3, 0.4) is 0 Å². The van der Waals surface area contributed by atoms with Crippen molar-refractivity contribution in [3.05, 3.63) is 0 Å². The second-order valence-corrected chi connectivity index (χ2v) is 3.29. The second kappa shape index (κ2) is 4.97. The minimum atomic E-state index is 0.0202. The first-order chi connectivity index (χ1) is 6.27. The quantitative estimate of drug-likeness (QED) is 0.584. The van der Waals surface area contributed by atoms with E-state index in [4.69, 9.17) is 4.74 Å². The summed E-state index contributed by atoms with van der Waals surface area (Å²) < 4.78 is 4.75. The molecule has 4 heteroatoms. The van der Waals surface area contributed by atoms with Crippen LogP contribution in [-0.4, -0.2) is 43.9 Å². The topological polar surface area (TPSA) is 46.6 Å². The first kappa shape index (κ1) is 10.2. The van der Waals surface area contributed by atoms with Gasteiger partial charge in [0.25, 0.3) is 0 Å². The SMILES string of the molecule is COCC(=O)N1CCC(C=O)CC1. The maximum atomic E-state index is 11.3. The molecular formula is C9H15NO3. The molecule has 0 aromatic heterocycles. The summed E-state index contributed by atoms with van der Waals surface area (Å²) in [6.45, 7) is 1.52. The number of nitrogens with zero attached hydrogens (tertiary/aromatic N) is 1. The van der Waals surface area contributed by atoms with Crippen molar-refractivity contribution >= 4 is 12.2 Å². The first-order valence-electron chi connectivity index (χ1n) is 4.50. The Kier molecular flexibility index (Phi) is 3.89. The first-order valence-corrected chi connectivity index (χ1v) is 4.50. The molecule has 1 saturated heterocycles. The molecule has 13 heavy (non-hydrogen) atoms. The molecule has 0 aromatic rings. The fraction of sp³-hybridized carbons (Fsp3) is 0.778. The van der Waals surface area contributed by atoms with Crippen LogP contribution in [0, 0.1) is 5.92 Å². The van der Waals surface area contributed by atoms with E-state index >= 15 is 0 Å². The summed E-state index contributed by atoms with van der Waals surface area (Å²) in [7, 11) is 1.51. The number of ether oxygens (including phenoxy) is 1. The standard InChI is InChI=1S/C9H15NO3/c1-13-7-9(12)10-4-2-8(6-11)3-5-10/h6,8H,2-5,7H2,1H3. The molecule has 1 fully saturated rings. The summed E-state index contributed by atoms with van der Waals surface area (Å²) in [5, 5.41) is 0. The maximum Gasteiger partial charge on any atom is 0.248 e. The predicted octanol–water partition coefficient (Wildman–Crippen LogP) is 0.0703. The van der Waals surface area contributed by atoms with Gasteiger partial charge in [-0.2, -0.15) is 0 Å². The third kappa shape index (κ3) is 2.81. The van der Waals surface area contributed by atoms with Crippen molar-refractivity contribution in [2.45, 2.75) is 12.8 Å². The number of hydrogen-bond acceptors (Lipinski definition) is 3. The molecule has 74 valence electrons. The molecule has 0 atom stereocenters. The van der Waals surface area contributed by atoms with E-state index in [1.54, 1.807) is 4.90 Å². The van der Waals surface area contributed by atoms with Crippen molar-refractivity contribution < 1.29 is 14.3 Å². The molecule has 0 aliphatic carbocycles. The molecule has 0 unspecified atom stereocenters. The Balaban J connectivity index is 2.31. The van der Waals surface area contributed by atoms with E-state index in [1.807, 2.05) is 0 Å². The van der Waals surface area contributed by atoms with E-state index < -0.39 is 0 Å². The molecule has 0 bridgehead atoms. The van der Waals surface area contributed by atoms with Gasteiger partial charge >= 0.3 is 0 Å². The number of amides is 1. The molecule has 0 spiro atoms. The molecule has 4 nitrogen and oxygen atoms in total. The highest BCUT2D eigenvalue weighted by Crippen LogP contribution is 2.14. The third-order valence-corrected chi connectivity index (χ3v) is 2.35. The highest BCUT2D eigenvalue weighted by Gasteiger charge is 2.21. The molecule has 1 aliphatic rings. The number of methoxy groups -OCH3 is 1. The highest BCUT2D eigenvalue weighted by molar-refractivity contribution is 5.77. The van der Waals surface area contributed by atoms with Crippen LogP contribution in [0.5, 0.6) is 0 Å². The summed E-state index contributed by atoms with van der Waals surface area (Å²) in [6.07, 6.45) is 2.57. The van der Waals surface area contributed by atoms with E-state index in [0.29, 0.717) is 13.1 Å². The van der Waals surface area contributed by atoms with Gasteiger partial charge in [-0.25, -0.2) is 0 Å². The van der Waals surface area contributed by atoms with Crippen molar-refractivity contribution in [2.75, 3.05) is 26.8 Å². The molecule has 1 heterocycles. The van der Waals surface area contributed by atoms with E-state index in [0.717, 1.165) is 19.1 Å². The van der Waals surface area contributed by atoms with Crippen LogP contribution in [-0.2, 0) is 14.3 Å². The van der Waals surface area contributed by atoms with Gasteiger partial charge in [0.1, 0.15) is 12.9 Å². The fourth-order valence-corrected chi connectivity index (χ4v) is 1.50. The van der Waals surface area contributed by atoms with Crippen LogP contribution in [0.25, 0.3) is 0 Å². The summed E-state index contributed by atoms with van der Waals surface area (Å²) in [6, 6.07) is 0. The van der Waals surface area contributed by atoms with Gasteiger partial charge in [0, 0.05) is 26.1 Å². The fourth-order valence-electron chi connectivity index (χ4n) is 1.50. The minimum Gasteiger partial charge on any atom is -0.375 e. The van der Waals surface area contributed by atoms with Gasteiger partial charge in [-0.3, -0.25) is 4.79 Å². The minimum absolute atomic E-state index is 0.0202. The average Bonchev–Trinajstić information content (AvgIpc) is 2.18. The van der Waals surface area contributed by atoms with Crippen molar-refractivity contribution in [2.24, 2.45) is 5.92 Å². The molecule has 0 aromatic carbocycles. The van der Waals surface area contributed by atoms with Crippen LogP contribution < -0.4 is 0 Å². The van der Waals surface area contributed by atoms with Crippen LogP contribution in [0.15, 0.2) is 0 Å². The van der Waals surface area contributed by atoms with E-state index in [9.17, 15) is 9.59 Å². The normalized spacial score (nSPS) is 18.7. The zero-order valence-corrected chi connectivity index (χ0v) is 7.86. The van der Waals surface area contributed by atoms with Gasteiger partial charge in [-0.05, 0) is 12.8 Å². The summed E-state index contributed by atoms with van der Waals surface area (Å²) in [5.41, 5.74) is 0. The lowest BCUT2D eigenvalue weighted by molar-refractivity contribution is -0.137. The van der Waals surface area contributed by atoms with Crippen molar-refractivity contribution in [1.82, 2.24) is 4.90 Å². The molecule has 1 amide bonds. The Morgan fingerprint density at radius 3 is 2.62 bits per heavy atom. The Morgan fingerprint density at radius 2 is 2.15 bits per heavy atom. The Hall–Kier alpha value is -0.900. The van der Waals surface area contributed by atoms with Gasteiger partial charge in [-0.1, -0.05) is 0 Å². The monoisotopic (exact) mass is 185 g/mol. The Labute approximate surface area is 77.8 Å². The number of rotatable bonds is 3. The van der Waals surface area contributed by atoms with Crippen LogP contribution in [0.1, 0.15) is 12.8 Å². The van der Waals surface area contributed by atoms with Crippen LogP contribution in [0.2, 0.25) is 0 Å². The molecular weight excluding hydrogens is 170 g/mol. The molecule has 0 saturated carbocycles. The number of likely N-dealkylation sites (tertiary alicyclic amines) is 1. The lowest BCUT2D eigenvalue weighted by atomic mass is 9.99. The molecule has 1 aliphatic heterocycles. The zero-order valence-electron chi connectivity index (χ0n) is 7.86. The third-order valence-electron chi connectivity index (χ3n) is 2.35. The number of piperidine rings is 1. The maximum absolute atomic E-state index is 11.3. The van der Waals surface area contributed by atoms with Crippen LogP contribution in [0.4, 0.5) is 0 Å². The number of hydrogen-bond donors (Lipinski definition) is 0. The molecule has 0 N–H and O–H groups in total. The van der Waals surface area contributed by atoms with E-state index in [-0.39, 0.29) is 18.4 Å². The van der Waals surface area contributed by atoms with Crippen molar-refractivity contribution in [3.8, 4) is 0 Å². The smallest absolute Gasteiger partial charge is 0.248 e. The van der Waals surface area contributed by atoms with Gasteiger partial charge < -0.3 is 14.4 Å².